The highest BCUT2D eigenvalue weighted by Gasteiger charge is 2.21. The molecule has 0 aromatic heterocycles. The lowest BCUT2D eigenvalue weighted by Crippen LogP contribution is -2.38. The summed E-state index contributed by atoms with van der Waals surface area (Å²) in [7, 11) is 0. The van der Waals surface area contributed by atoms with Gasteiger partial charge in [0.15, 0.2) is 0 Å². The van der Waals surface area contributed by atoms with Crippen LogP contribution in [0.1, 0.15) is 39.0 Å². The number of piperidine rings is 1. The van der Waals surface area contributed by atoms with Gasteiger partial charge in [-0.1, -0.05) is 6.92 Å². The Bertz CT molecular complexity index is 258. The second kappa shape index (κ2) is 7.10. The maximum absolute atomic E-state index is 11.5. The van der Waals surface area contributed by atoms with Crippen LogP contribution in [0.4, 0.5) is 0 Å². The molecule has 0 unspecified atom stereocenters. The molecule has 4 heteroatoms. The Morgan fingerprint density at radius 2 is 1.94 bits per heavy atom. The summed E-state index contributed by atoms with van der Waals surface area (Å²) in [5.41, 5.74) is 0. The zero-order valence-corrected chi connectivity index (χ0v) is 11.6. The van der Waals surface area contributed by atoms with E-state index in [-0.39, 0.29) is 5.91 Å². The van der Waals surface area contributed by atoms with Crippen LogP contribution < -0.4 is 10.6 Å². The Kier molecular flexibility index (Phi) is 5.45. The lowest BCUT2D eigenvalue weighted by atomic mass is 9.99. The summed E-state index contributed by atoms with van der Waals surface area (Å²) in [6.45, 7) is 7.24. The molecule has 0 radical (unpaired) electrons. The van der Waals surface area contributed by atoms with E-state index < -0.39 is 0 Å². The van der Waals surface area contributed by atoms with Gasteiger partial charge in [-0.15, -0.1) is 0 Å². The molecule has 2 rings (SSSR count). The van der Waals surface area contributed by atoms with Crippen molar-refractivity contribution in [3.05, 3.63) is 0 Å². The maximum atomic E-state index is 11.5. The van der Waals surface area contributed by atoms with Gasteiger partial charge in [0.1, 0.15) is 0 Å². The van der Waals surface area contributed by atoms with Crippen molar-refractivity contribution in [2.45, 2.75) is 45.1 Å². The average molecular weight is 253 g/mol. The summed E-state index contributed by atoms with van der Waals surface area (Å²) in [5.74, 6) is 1.05. The van der Waals surface area contributed by atoms with E-state index in [0.717, 1.165) is 25.4 Å². The van der Waals surface area contributed by atoms with Gasteiger partial charge in [0, 0.05) is 12.6 Å². The number of carbonyl (C=O) groups excluding carboxylic acids is 1. The number of likely N-dealkylation sites (tertiary alicyclic amines) is 1. The van der Waals surface area contributed by atoms with E-state index in [9.17, 15) is 4.79 Å². The van der Waals surface area contributed by atoms with Gasteiger partial charge in [-0.3, -0.25) is 4.79 Å². The Labute approximate surface area is 110 Å². The van der Waals surface area contributed by atoms with Crippen LogP contribution in [-0.2, 0) is 4.79 Å². The van der Waals surface area contributed by atoms with Crippen LogP contribution in [0.2, 0.25) is 0 Å². The third-order valence-electron chi connectivity index (χ3n) is 3.98. The van der Waals surface area contributed by atoms with Crippen molar-refractivity contribution in [3.63, 3.8) is 0 Å². The van der Waals surface area contributed by atoms with Gasteiger partial charge >= 0.3 is 0 Å². The summed E-state index contributed by atoms with van der Waals surface area (Å²) in [4.78, 5) is 14.0. The van der Waals surface area contributed by atoms with Gasteiger partial charge in [0.05, 0.1) is 6.54 Å². The summed E-state index contributed by atoms with van der Waals surface area (Å²) in [5, 5.41) is 6.22. The second-order valence-corrected chi connectivity index (χ2v) is 5.88. The molecule has 104 valence electrons. The third-order valence-corrected chi connectivity index (χ3v) is 3.98. The molecule has 1 aliphatic carbocycles. The quantitative estimate of drug-likeness (QED) is 0.665. The van der Waals surface area contributed by atoms with Crippen molar-refractivity contribution in [1.82, 2.24) is 15.5 Å². The van der Waals surface area contributed by atoms with Crippen molar-refractivity contribution in [2.75, 3.05) is 32.7 Å². The van der Waals surface area contributed by atoms with Gasteiger partial charge in [-0.25, -0.2) is 0 Å². The number of hydrogen-bond acceptors (Lipinski definition) is 3. The summed E-state index contributed by atoms with van der Waals surface area (Å²) in [6.07, 6.45) is 6.21. The Morgan fingerprint density at radius 1 is 1.22 bits per heavy atom. The monoisotopic (exact) mass is 253 g/mol. The first kappa shape index (κ1) is 13.8. The molecule has 1 saturated heterocycles. The normalized spacial score (nSPS) is 22.1. The van der Waals surface area contributed by atoms with Gasteiger partial charge in [0.25, 0.3) is 0 Å². The predicted molar refractivity (Wildman–Crippen MR) is 73.5 cm³/mol. The first-order chi connectivity index (χ1) is 8.74. The number of carbonyl (C=O) groups is 1. The molecule has 1 aliphatic heterocycles. The first-order valence-corrected chi connectivity index (χ1v) is 7.46. The minimum atomic E-state index is 0.147. The highest BCUT2D eigenvalue weighted by Crippen LogP contribution is 2.18. The van der Waals surface area contributed by atoms with Gasteiger partial charge in [0.2, 0.25) is 5.91 Å². The van der Waals surface area contributed by atoms with Crippen LogP contribution in [0.5, 0.6) is 0 Å². The molecule has 0 atom stereocenters. The maximum Gasteiger partial charge on any atom is 0.233 e. The molecule has 0 spiro atoms. The number of hydrogen-bond donors (Lipinski definition) is 2. The fourth-order valence-corrected chi connectivity index (χ4v) is 2.40. The van der Waals surface area contributed by atoms with Gasteiger partial charge < -0.3 is 15.5 Å². The Hall–Kier alpha value is -0.610. The Balaban J connectivity index is 1.43. The smallest absolute Gasteiger partial charge is 0.233 e. The van der Waals surface area contributed by atoms with Crippen molar-refractivity contribution in [2.24, 2.45) is 5.92 Å². The van der Waals surface area contributed by atoms with Crippen molar-refractivity contribution >= 4 is 5.91 Å². The Morgan fingerprint density at radius 3 is 2.61 bits per heavy atom. The van der Waals surface area contributed by atoms with E-state index in [0.29, 0.717) is 12.6 Å². The minimum Gasteiger partial charge on any atom is -0.355 e. The molecule has 0 bridgehead atoms. The highest BCUT2D eigenvalue weighted by molar-refractivity contribution is 5.78. The van der Waals surface area contributed by atoms with Crippen LogP contribution in [0, 0.1) is 5.92 Å². The van der Waals surface area contributed by atoms with Crippen LogP contribution in [0.25, 0.3) is 0 Å². The molecule has 1 heterocycles. The molecule has 4 nitrogen and oxygen atoms in total. The highest BCUT2D eigenvalue weighted by atomic mass is 16.1. The largest absolute Gasteiger partial charge is 0.355 e. The van der Waals surface area contributed by atoms with E-state index in [1.54, 1.807) is 0 Å². The lowest BCUT2D eigenvalue weighted by Gasteiger charge is -2.30. The number of rotatable bonds is 7. The van der Waals surface area contributed by atoms with Gasteiger partial charge in [-0.05, 0) is 57.7 Å². The summed E-state index contributed by atoms with van der Waals surface area (Å²) >= 11 is 0. The van der Waals surface area contributed by atoms with Crippen molar-refractivity contribution < 1.29 is 4.79 Å². The minimum absolute atomic E-state index is 0.147. The molecule has 2 N–H and O–H groups in total. The SMILES string of the molecule is CC1CCN(CCCNC(=O)CNC2CC2)CC1. The van der Waals surface area contributed by atoms with E-state index >= 15 is 0 Å². The third kappa shape index (κ3) is 5.36. The van der Waals surface area contributed by atoms with Crippen LogP contribution in [0.3, 0.4) is 0 Å². The lowest BCUT2D eigenvalue weighted by molar-refractivity contribution is -0.120. The predicted octanol–water partition coefficient (Wildman–Crippen LogP) is 0.977. The zero-order valence-electron chi connectivity index (χ0n) is 11.6. The molecular weight excluding hydrogens is 226 g/mol. The molecular formula is C14H27N3O. The number of nitrogens with one attached hydrogen (secondary N) is 2. The zero-order chi connectivity index (χ0) is 12.8. The number of amides is 1. The molecule has 1 saturated carbocycles. The van der Waals surface area contributed by atoms with Gasteiger partial charge in [-0.2, -0.15) is 0 Å². The van der Waals surface area contributed by atoms with E-state index in [2.05, 4.69) is 22.5 Å². The molecule has 1 amide bonds. The van der Waals surface area contributed by atoms with E-state index in [1.807, 2.05) is 0 Å². The molecule has 0 aromatic carbocycles. The summed E-state index contributed by atoms with van der Waals surface area (Å²) < 4.78 is 0. The average Bonchev–Trinajstić information content (AvgIpc) is 3.18. The van der Waals surface area contributed by atoms with Crippen molar-refractivity contribution in [1.29, 1.82) is 0 Å². The van der Waals surface area contributed by atoms with Crippen LogP contribution >= 0.6 is 0 Å². The molecule has 18 heavy (non-hydrogen) atoms. The van der Waals surface area contributed by atoms with E-state index in [1.165, 1.54) is 38.8 Å². The number of nitrogens with zero attached hydrogens (tertiary/aromatic N) is 1. The fraction of sp³-hybridized carbons (Fsp3) is 0.929. The molecule has 2 aliphatic rings. The standard InChI is InChI=1S/C14H27N3O/c1-12-5-9-17(10-6-12)8-2-7-15-14(18)11-16-13-3-4-13/h12-13,16H,2-11H2,1H3,(H,15,18). The topological polar surface area (TPSA) is 44.4 Å². The fourth-order valence-electron chi connectivity index (χ4n) is 2.40. The molecule has 2 fully saturated rings. The second-order valence-electron chi connectivity index (χ2n) is 5.88. The van der Waals surface area contributed by atoms with E-state index in [4.69, 9.17) is 0 Å². The first-order valence-electron chi connectivity index (χ1n) is 7.46. The van der Waals surface area contributed by atoms with Crippen molar-refractivity contribution in [3.8, 4) is 0 Å². The van der Waals surface area contributed by atoms with Crippen LogP contribution in [-0.4, -0.2) is 49.6 Å². The van der Waals surface area contributed by atoms with Crippen LogP contribution in [0.15, 0.2) is 0 Å². The summed E-state index contributed by atoms with van der Waals surface area (Å²) in [6, 6.07) is 0.617. The molecule has 0 aromatic rings.